The first-order chi connectivity index (χ1) is 7.29. The third-order valence-electron chi connectivity index (χ3n) is 3.02. The van der Waals surface area contributed by atoms with Crippen molar-refractivity contribution in [2.24, 2.45) is 0 Å². The van der Waals surface area contributed by atoms with Crippen LogP contribution in [-0.2, 0) is 14.3 Å². The Morgan fingerprint density at radius 2 is 2.27 bits per heavy atom. The lowest BCUT2D eigenvalue weighted by atomic mass is 10.2. The van der Waals surface area contributed by atoms with Crippen LogP contribution in [0.3, 0.4) is 0 Å². The molecule has 0 spiro atoms. The number of carbonyl (C=O) groups is 1. The van der Waals surface area contributed by atoms with Crippen LogP contribution in [0.25, 0.3) is 0 Å². The van der Waals surface area contributed by atoms with Crippen LogP contribution >= 0.6 is 0 Å². The number of amides is 1. The zero-order chi connectivity index (χ0) is 10.7. The highest BCUT2D eigenvalue weighted by atomic mass is 16.5. The number of rotatable bonds is 4. The Balaban J connectivity index is 1.66. The normalized spacial score (nSPS) is 26.7. The van der Waals surface area contributed by atoms with Gasteiger partial charge >= 0.3 is 0 Å². The topological polar surface area (TPSA) is 50.8 Å². The number of nitrogens with one attached hydrogen (secondary N) is 1. The molecule has 2 fully saturated rings. The van der Waals surface area contributed by atoms with Crippen LogP contribution in [0.5, 0.6) is 0 Å². The van der Waals surface area contributed by atoms with E-state index in [1.165, 1.54) is 0 Å². The summed E-state index contributed by atoms with van der Waals surface area (Å²) in [6, 6.07) is 0. The van der Waals surface area contributed by atoms with Gasteiger partial charge in [-0.3, -0.25) is 4.79 Å². The van der Waals surface area contributed by atoms with Crippen molar-refractivity contribution in [2.45, 2.75) is 18.6 Å². The average molecular weight is 214 g/mol. The zero-order valence-electron chi connectivity index (χ0n) is 9.07. The van der Waals surface area contributed by atoms with Crippen LogP contribution in [0, 0.1) is 0 Å². The first-order valence-electron chi connectivity index (χ1n) is 5.42. The fourth-order valence-electron chi connectivity index (χ4n) is 1.81. The van der Waals surface area contributed by atoms with Gasteiger partial charge in [-0.2, -0.15) is 0 Å². The summed E-state index contributed by atoms with van der Waals surface area (Å²) in [7, 11) is 1.69. The highest BCUT2D eigenvalue weighted by molar-refractivity contribution is 5.77. The number of carbonyl (C=O) groups excluding carboxylic acids is 1. The van der Waals surface area contributed by atoms with Gasteiger partial charge < -0.3 is 19.7 Å². The fourth-order valence-corrected chi connectivity index (χ4v) is 1.81. The highest BCUT2D eigenvalue weighted by Gasteiger charge is 2.27. The van der Waals surface area contributed by atoms with Gasteiger partial charge in [0, 0.05) is 33.3 Å². The minimum Gasteiger partial charge on any atom is -0.380 e. The summed E-state index contributed by atoms with van der Waals surface area (Å²) in [5.74, 6) is 0.0847. The van der Waals surface area contributed by atoms with Crippen molar-refractivity contribution in [1.82, 2.24) is 10.2 Å². The van der Waals surface area contributed by atoms with Gasteiger partial charge in [0.15, 0.2) is 0 Å². The number of methoxy groups -OCH3 is 1. The second-order valence-corrected chi connectivity index (χ2v) is 4.08. The monoisotopic (exact) mass is 214 g/mol. The summed E-state index contributed by atoms with van der Waals surface area (Å²) < 4.78 is 10.6. The van der Waals surface area contributed by atoms with Crippen LogP contribution in [0.2, 0.25) is 0 Å². The predicted octanol–water partition coefficient (Wildman–Crippen LogP) is -0.778. The molecule has 0 aromatic rings. The highest BCUT2D eigenvalue weighted by Crippen LogP contribution is 2.12. The molecule has 1 amide bonds. The minimum absolute atomic E-state index is 0.0847. The Morgan fingerprint density at radius 1 is 1.47 bits per heavy atom. The first-order valence-corrected chi connectivity index (χ1v) is 5.42. The van der Waals surface area contributed by atoms with Gasteiger partial charge in [-0.25, -0.2) is 0 Å². The standard InChI is InChI=1S/C10H18N2O3/c1-14-8-2-3-12(6-8)10(13)7-15-9-4-11-5-9/h8-9,11H,2-7H2,1H3/t8-/m0/s1. The zero-order valence-corrected chi connectivity index (χ0v) is 9.07. The molecule has 0 bridgehead atoms. The second-order valence-electron chi connectivity index (χ2n) is 4.08. The van der Waals surface area contributed by atoms with Crippen molar-refractivity contribution >= 4 is 5.91 Å². The lowest BCUT2D eigenvalue weighted by Gasteiger charge is -2.27. The molecule has 2 aliphatic heterocycles. The SMILES string of the molecule is CO[C@H]1CCN(C(=O)COC2CNC2)C1. The summed E-state index contributed by atoms with van der Waals surface area (Å²) in [5.41, 5.74) is 0. The van der Waals surface area contributed by atoms with E-state index in [0.29, 0.717) is 6.54 Å². The van der Waals surface area contributed by atoms with E-state index in [0.717, 1.165) is 26.1 Å². The van der Waals surface area contributed by atoms with E-state index < -0.39 is 0 Å². The van der Waals surface area contributed by atoms with Crippen molar-refractivity contribution in [1.29, 1.82) is 0 Å². The van der Waals surface area contributed by atoms with Crippen LogP contribution in [0.4, 0.5) is 0 Å². The molecular formula is C10H18N2O3. The van der Waals surface area contributed by atoms with Crippen molar-refractivity contribution in [3.05, 3.63) is 0 Å². The van der Waals surface area contributed by atoms with Gasteiger partial charge in [0.05, 0.1) is 12.2 Å². The smallest absolute Gasteiger partial charge is 0.248 e. The van der Waals surface area contributed by atoms with Crippen molar-refractivity contribution in [3.63, 3.8) is 0 Å². The molecule has 2 rings (SSSR count). The van der Waals surface area contributed by atoms with E-state index in [-0.39, 0.29) is 24.7 Å². The maximum atomic E-state index is 11.7. The Morgan fingerprint density at radius 3 is 2.80 bits per heavy atom. The van der Waals surface area contributed by atoms with Gasteiger partial charge in [0.1, 0.15) is 6.61 Å². The number of likely N-dealkylation sites (tertiary alicyclic amines) is 1. The second kappa shape index (κ2) is 4.92. The number of hydrogen-bond donors (Lipinski definition) is 1. The van der Waals surface area contributed by atoms with Crippen LogP contribution < -0.4 is 5.32 Å². The Bertz CT molecular complexity index is 231. The molecule has 0 radical (unpaired) electrons. The number of nitrogens with zero attached hydrogens (tertiary/aromatic N) is 1. The van der Waals surface area contributed by atoms with Crippen LogP contribution in [-0.4, -0.2) is 62.9 Å². The van der Waals surface area contributed by atoms with Gasteiger partial charge in [-0.1, -0.05) is 0 Å². The molecule has 86 valence electrons. The van der Waals surface area contributed by atoms with E-state index in [4.69, 9.17) is 9.47 Å². The fraction of sp³-hybridized carbons (Fsp3) is 0.900. The van der Waals surface area contributed by atoms with Crippen molar-refractivity contribution < 1.29 is 14.3 Å². The van der Waals surface area contributed by atoms with Crippen LogP contribution in [0.15, 0.2) is 0 Å². The number of hydrogen-bond acceptors (Lipinski definition) is 4. The average Bonchev–Trinajstić information content (AvgIpc) is 2.63. The molecule has 5 nitrogen and oxygen atoms in total. The molecule has 15 heavy (non-hydrogen) atoms. The molecule has 2 saturated heterocycles. The van der Waals surface area contributed by atoms with E-state index in [1.54, 1.807) is 7.11 Å². The number of ether oxygens (including phenoxy) is 2. The Kier molecular flexibility index (Phi) is 3.56. The molecule has 0 saturated carbocycles. The summed E-state index contributed by atoms with van der Waals surface area (Å²) in [6.45, 7) is 3.45. The van der Waals surface area contributed by atoms with E-state index >= 15 is 0 Å². The molecule has 1 atom stereocenters. The van der Waals surface area contributed by atoms with Crippen LogP contribution in [0.1, 0.15) is 6.42 Å². The molecule has 2 aliphatic rings. The third kappa shape index (κ3) is 2.68. The van der Waals surface area contributed by atoms with Gasteiger partial charge in [-0.15, -0.1) is 0 Å². The molecule has 1 N–H and O–H groups in total. The predicted molar refractivity (Wildman–Crippen MR) is 54.6 cm³/mol. The Labute approximate surface area is 89.7 Å². The van der Waals surface area contributed by atoms with Gasteiger partial charge in [0.25, 0.3) is 0 Å². The summed E-state index contributed by atoms with van der Waals surface area (Å²) in [6.07, 6.45) is 1.38. The molecule has 0 aliphatic carbocycles. The third-order valence-corrected chi connectivity index (χ3v) is 3.02. The summed E-state index contributed by atoms with van der Waals surface area (Å²) >= 11 is 0. The van der Waals surface area contributed by atoms with Crippen molar-refractivity contribution in [2.75, 3.05) is 39.9 Å². The summed E-state index contributed by atoms with van der Waals surface area (Å²) in [5, 5.41) is 3.10. The largest absolute Gasteiger partial charge is 0.380 e. The maximum absolute atomic E-state index is 11.7. The quantitative estimate of drug-likeness (QED) is 0.667. The lowest BCUT2D eigenvalue weighted by Crippen LogP contribution is -2.49. The lowest BCUT2D eigenvalue weighted by molar-refractivity contribution is -0.138. The Hall–Kier alpha value is -0.650. The molecular weight excluding hydrogens is 196 g/mol. The van der Waals surface area contributed by atoms with Gasteiger partial charge in [0.2, 0.25) is 5.91 Å². The summed E-state index contributed by atoms with van der Waals surface area (Å²) in [4.78, 5) is 13.5. The van der Waals surface area contributed by atoms with E-state index in [1.807, 2.05) is 4.90 Å². The van der Waals surface area contributed by atoms with E-state index in [9.17, 15) is 4.79 Å². The molecule has 2 heterocycles. The van der Waals surface area contributed by atoms with Gasteiger partial charge in [-0.05, 0) is 6.42 Å². The van der Waals surface area contributed by atoms with E-state index in [2.05, 4.69) is 5.32 Å². The molecule has 5 heteroatoms. The van der Waals surface area contributed by atoms with Crippen molar-refractivity contribution in [3.8, 4) is 0 Å². The minimum atomic E-state index is 0.0847. The molecule has 0 aromatic heterocycles. The maximum Gasteiger partial charge on any atom is 0.248 e. The molecule has 0 aromatic carbocycles. The molecule has 0 unspecified atom stereocenters. The first kappa shape index (κ1) is 10.9.